The molecule has 94 heavy (non-hydrogen) atoms. The van der Waals surface area contributed by atoms with Crippen molar-refractivity contribution >= 4 is 88.3 Å². The van der Waals surface area contributed by atoms with Crippen molar-refractivity contribution in [2.75, 3.05) is 0 Å². The Bertz CT molecular complexity index is 5680. The summed E-state index contributed by atoms with van der Waals surface area (Å²) in [5.41, 5.74) is 30.7. The minimum Gasteiger partial charge on any atom is -0.437 e. The Morgan fingerprint density at radius 3 is 1.13 bits per heavy atom. The second kappa shape index (κ2) is 24.7. The van der Waals surface area contributed by atoms with Gasteiger partial charge in [-0.15, -0.1) is 0 Å². The van der Waals surface area contributed by atoms with E-state index in [9.17, 15) is 0 Å². The van der Waals surface area contributed by atoms with E-state index >= 15 is 0 Å². The summed E-state index contributed by atoms with van der Waals surface area (Å²) in [6.07, 6.45) is 15.7. The molecule has 0 fully saturated rings. The fraction of sp³-hybridized carbons (Fsp3) is 0.220. The van der Waals surface area contributed by atoms with Gasteiger partial charge in [-0.2, -0.15) is 0 Å². The van der Waals surface area contributed by atoms with E-state index < -0.39 is 0 Å². The molecule has 12 heterocycles. The first-order valence-electron chi connectivity index (χ1n) is 32.1. The van der Waals surface area contributed by atoms with Crippen molar-refractivity contribution in [2.24, 2.45) is 28.2 Å². The standard InChI is InChI=1S/2C21H21N2O.2C20H19N2O/c1-12-10-17(23(5)11-15(12)4)19-14(3)9-13(2)18-16-7-6-8-22-21(16)24-20(18)19;1-13(2)15-9-11-23(4)18(12-15)19-14(3)7-8-16-17-6-5-10-22-21(17)24-20(16)19;1-12-7-8-15-16-6-5-9-21-20(16)23-19(15)18(12)17-10-13(2)14(3)11-22(17)4;1-12-7-8-16(22(4)11-12)18-14(3)10-13(2)17-15-6-5-9-21-20(15)23-19(17)18/h6-11H,1-5H3;5-13H,1-4H3;2*5-11H,1-4H3/q4*+1. The average Bonchev–Trinajstić information content (AvgIpc) is 1.67. The van der Waals surface area contributed by atoms with Gasteiger partial charge in [-0.3, -0.25) is 0 Å². The lowest BCUT2D eigenvalue weighted by Crippen LogP contribution is -2.31. The minimum absolute atomic E-state index is 0.488. The van der Waals surface area contributed by atoms with Crippen molar-refractivity contribution in [1.29, 1.82) is 0 Å². The van der Waals surface area contributed by atoms with Crippen molar-refractivity contribution in [3.05, 3.63) is 238 Å². The summed E-state index contributed by atoms with van der Waals surface area (Å²) < 4.78 is 33.3. The Labute approximate surface area is 548 Å². The second-order valence-corrected chi connectivity index (χ2v) is 25.9. The van der Waals surface area contributed by atoms with E-state index in [2.05, 4.69) is 278 Å². The van der Waals surface area contributed by atoms with Gasteiger partial charge in [-0.1, -0.05) is 50.2 Å². The summed E-state index contributed by atoms with van der Waals surface area (Å²) in [5.74, 6) is 0.488. The SMILES string of the molecule is Cc1cc(-c2c(C)cc(C)c3c2oc2ncccc23)[n+](C)cc1C.Cc1cc(-c2c(C)ccc3c2oc2ncccc23)[n+](C)cc1C.Cc1ccc(-c2c(C)cc(C)c3c2oc2ncccc23)[n+](C)c1.Cc1ccc2c(oc3ncccc32)c1-c1cc(C(C)C)cc[n+]1C. The number of aryl methyl sites for hydroxylation is 15. The van der Waals surface area contributed by atoms with E-state index in [1.165, 1.54) is 78.1 Å². The fourth-order valence-corrected chi connectivity index (χ4v) is 13.6. The Morgan fingerprint density at radius 1 is 0.309 bits per heavy atom. The molecule has 0 spiro atoms. The molecular formula is C82H80N8O4+4. The van der Waals surface area contributed by atoms with Crippen molar-refractivity contribution in [3.8, 4) is 45.0 Å². The molecule has 0 aliphatic rings. The number of nitrogens with zero attached hydrogens (tertiary/aromatic N) is 8. The number of benzene rings is 4. The zero-order valence-electron chi connectivity index (χ0n) is 57.0. The lowest BCUT2D eigenvalue weighted by Gasteiger charge is -2.09. The third-order valence-corrected chi connectivity index (χ3v) is 18.7. The van der Waals surface area contributed by atoms with Gasteiger partial charge in [0.05, 0.1) is 22.3 Å². The maximum Gasteiger partial charge on any atom is 0.227 e. The van der Waals surface area contributed by atoms with E-state index in [1.807, 2.05) is 24.3 Å². The van der Waals surface area contributed by atoms with Crippen LogP contribution >= 0.6 is 0 Å². The molecule has 468 valence electrons. The topological polar surface area (TPSA) is 120 Å². The molecule has 0 bridgehead atoms. The Balaban J connectivity index is 0.000000114. The third kappa shape index (κ3) is 11.1. The Kier molecular flexibility index (Phi) is 16.3. The van der Waals surface area contributed by atoms with Crippen LogP contribution in [-0.4, -0.2) is 19.9 Å². The third-order valence-electron chi connectivity index (χ3n) is 18.7. The van der Waals surface area contributed by atoms with Crippen molar-refractivity contribution in [2.45, 2.75) is 95.9 Å². The van der Waals surface area contributed by atoms with E-state index in [-0.39, 0.29) is 0 Å². The number of aromatic nitrogens is 8. The van der Waals surface area contributed by atoms with Crippen LogP contribution in [0, 0.1) is 76.2 Å². The summed E-state index contributed by atoms with van der Waals surface area (Å²) in [7, 11) is 8.34. The van der Waals surface area contributed by atoms with Crippen LogP contribution in [0.1, 0.15) is 86.5 Å². The Hall–Kier alpha value is -10.7. The highest BCUT2D eigenvalue weighted by molar-refractivity contribution is 6.13. The first kappa shape index (κ1) is 62.1. The van der Waals surface area contributed by atoms with Crippen LogP contribution in [0.4, 0.5) is 0 Å². The molecule has 12 heteroatoms. The smallest absolute Gasteiger partial charge is 0.227 e. The number of hydrogen-bond donors (Lipinski definition) is 0. The summed E-state index contributed by atoms with van der Waals surface area (Å²) in [6.45, 7) is 28.0. The molecule has 12 aromatic heterocycles. The number of fused-ring (bicyclic) bond motifs is 12. The van der Waals surface area contributed by atoms with Gasteiger partial charge in [0.1, 0.15) is 28.2 Å². The molecule has 4 aromatic carbocycles. The summed E-state index contributed by atoms with van der Waals surface area (Å²) in [4.78, 5) is 17.5. The van der Waals surface area contributed by atoms with Crippen molar-refractivity contribution < 1.29 is 35.9 Å². The van der Waals surface area contributed by atoms with Crippen LogP contribution in [0.2, 0.25) is 0 Å². The zero-order chi connectivity index (χ0) is 66.1. The van der Waals surface area contributed by atoms with E-state index in [0.717, 1.165) is 99.1 Å². The van der Waals surface area contributed by atoms with Crippen LogP contribution in [0.15, 0.2) is 189 Å². The van der Waals surface area contributed by atoms with Gasteiger partial charge < -0.3 is 17.7 Å². The van der Waals surface area contributed by atoms with Gasteiger partial charge in [0.25, 0.3) is 0 Å². The molecule has 0 unspecified atom stereocenters. The van der Waals surface area contributed by atoms with Crippen molar-refractivity contribution in [3.63, 3.8) is 0 Å². The number of hydrogen-bond acceptors (Lipinski definition) is 8. The van der Waals surface area contributed by atoms with E-state index in [1.54, 1.807) is 24.8 Å². The average molecular weight is 1240 g/mol. The molecule has 0 radical (unpaired) electrons. The van der Waals surface area contributed by atoms with Crippen molar-refractivity contribution in [1.82, 2.24) is 19.9 Å². The number of furan rings is 4. The van der Waals surface area contributed by atoms with Crippen LogP contribution in [0.25, 0.3) is 133 Å². The molecular weight excluding hydrogens is 1160 g/mol. The first-order chi connectivity index (χ1) is 45.1. The molecule has 16 aromatic rings. The lowest BCUT2D eigenvalue weighted by atomic mass is 9.96. The maximum absolute atomic E-state index is 6.20. The normalized spacial score (nSPS) is 11.6. The molecule has 0 aliphatic carbocycles. The monoisotopic (exact) mass is 1240 g/mol. The summed E-state index contributed by atoms with van der Waals surface area (Å²) >= 11 is 0. The lowest BCUT2D eigenvalue weighted by molar-refractivity contribution is -0.660. The highest BCUT2D eigenvalue weighted by Crippen LogP contribution is 2.42. The minimum atomic E-state index is 0.488. The maximum atomic E-state index is 6.20. The van der Waals surface area contributed by atoms with E-state index in [0.29, 0.717) is 28.8 Å². The molecule has 12 nitrogen and oxygen atoms in total. The molecule has 16 rings (SSSR count). The van der Waals surface area contributed by atoms with Crippen LogP contribution in [-0.2, 0) is 28.2 Å². The first-order valence-corrected chi connectivity index (χ1v) is 32.1. The van der Waals surface area contributed by atoms with Gasteiger partial charge in [0.2, 0.25) is 45.6 Å². The largest absolute Gasteiger partial charge is 0.437 e. The predicted molar refractivity (Wildman–Crippen MR) is 379 cm³/mol. The summed E-state index contributed by atoms with van der Waals surface area (Å²) in [5, 5.41) is 8.85. The molecule has 0 saturated carbocycles. The predicted octanol–water partition coefficient (Wildman–Crippen LogP) is 18.4. The zero-order valence-corrected chi connectivity index (χ0v) is 57.0. The number of pyridine rings is 8. The van der Waals surface area contributed by atoms with Crippen LogP contribution in [0.3, 0.4) is 0 Å². The van der Waals surface area contributed by atoms with Gasteiger partial charge in [-0.25, -0.2) is 38.2 Å². The van der Waals surface area contributed by atoms with Crippen LogP contribution < -0.4 is 18.3 Å². The van der Waals surface area contributed by atoms with Gasteiger partial charge in [-0.05, 0) is 187 Å². The highest BCUT2D eigenvalue weighted by Gasteiger charge is 2.27. The molecule has 0 aliphatic heterocycles. The summed E-state index contributed by atoms with van der Waals surface area (Å²) in [6, 6.07) is 42.4. The molecule has 0 N–H and O–H groups in total. The quantitative estimate of drug-likeness (QED) is 0.156. The highest BCUT2D eigenvalue weighted by atomic mass is 16.4. The second-order valence-electron chi connectivity index (χ2n) is 25.9. The van der Waals surface area contributed by atoms with Gasteiger partial charge in [0.15, 0.2) is 47.1 Å². The Morgan fingerprint density at radius 2 is 0.691 bits per heavy atom. The number of rotatable bonds is 5. The molecule has 0 saturated heterocycles. The van der Waals surface area contributed by atoms with Crippen LogP contribution in [0.5, 0.6) is 0 Å². The fourth-order valence-electron chi connectivity index (χ4n) is 13.6. The molecule has 0 amide bonds. The van der Waals surface area contributed by atoms with E-state index in [4.69, 9.17) is 17.7 Å². The van der Waals surface area contributed by atoms with Gasteiger partial charge in [0, 0.05) is 115 Å². The van der Waals surface area contributed by atoms with Gasteiger partial charge >= 0.3 is 0 Å². The molecule has 0 atom stereocenters.